The van der Waals surface area contributed by atoms with Crippen molar-refractivity contribution in [1.82, 2.24) is 4.90 Å². The molecule has 15 heavy (non-hydrogen) atoms. The van der Waals surface area contributed by atoms with Crippen LogP contribution in [0.1, 0.15) is 26.2 Å². The third-order valence-corrected chi connectivity index (χ3v) is 4.59. The fraction of sp³-hybridized carbons (Fsp3) is 1.00. The minimum atomic E-state index is -4.12. The summed E-state index contributed by atoms with van der Waals surface area (Å²) in [5.41, 5.74) is 0. The van der Waals surface area contributed by atoms with Crippen molar-refractivity contribution < 1.29 is 42.5 Å². The van der Waals surface area contributed by atoms with Crippen LogP contribution < -0.4 is 29.6 Å². The summed E-state index contributed by atoms with van der Waals surface area (Å²) in [6, 6.07) is 0.236. The SMILES string of the molecule is CC1CCC(N(C)C)CC1S(=O)(=O)[O-].[Na+]. The predicted molar refractivity (Wildman–Crippen MR) is 54.0 cm³/mol. The molecule has 0 N–H and O–H groups in total. The number of hydrogen-bond acceptors (Lipinski definition) is 4. The molecule has 0 aromatic rings. The summed E-state index contributed by atoms with van der Waals surface area (Å²) in [4.78, 5) is 2.00. The monoisotopic (exact) mass is 243 g/mol. The van der Waals surface area contributed by atoms with Crippen molar-refractivity contribution in [2.45, 2.75) is 37.5 Å². The third kappa shape index (κ3) is 4.32. The van der Waals surface area contributed by atoms with Crippen molar-refractivity contribution in [3.63, 3.8) is 0 Å². The molecule has 1 saturated carbocycles. The molecule has 3 unspecified atom stereocenters. The Morgan fingerprint density at radius 3 is 2.20 bits per heavy atom. The molecule has 6 heteroatoms. The summed E-state index contributed by atoms with van der Waals surface area (Å²) in [5, 5.41) is -0.691. The Balaban J connectivity index is 0.00000196. The van der Waals surface area contributed by atoms with Gasteiger partial charge < -0.3 is 9.45 Å². The van der Waals surface area contributed by atoms with Gasteiger partial charge in [0, 0.05) is 6.04 Å². The largest absolute Gasteiger partial charge is 1.00 e. The van der Waals surface area contributed by atoms with E-state index < -0.39 is 15.4 Å². The Morgan fingerprint density at radius 2 is 1.80 bits per heavy atom. The molecule has 0 saturated heterocycles. The van der Waals surface area contributed by atoms with Crippen LogP contribution in [-0.2, 0) is 10.1 Å². The minimum absolute atomic E-state index is 0. The van der Waals surface area contributed by atoms with Crippen LogP contribution in [0.5, 0.6) is 0 Å². The fourth-order valence-corrected chi connectivity index (χ4v) is 3.29. The van der Waals surface area contributed by atoms with Crippen molar-refractivity contribution in [3.8, 4) is 0 Å². The van der Waals surface area contributed by atoms with Crippen LogP contribution in [0, 0.1) is 5.92 Å². The van der Waals surface area contributed by atoms with Gasteiger partial charge in [0.25, 0.3) is 0 Å². The number of nitrogens with zero attached hydrogens (tertiary/aromatic N) is 1. The molecule has 1 rings (SSSR count). The van der Waals surface area contributed by atoms with Crippen LogP contribution in [0.3, 0.4) is 0 Å². The maximum absolute atomic E-state index is 11.0. The molecule has 4 nitrogen and oxygen atoms in total. The van der Waals surface area contributed by atoms with Gasteiger partial charge in [0.15, 0.2) is 0 Å². The smallest absolute Gasteiger partial charge is 0.748 e. The first-order valence-corrected chi connectivity index (χ1v) is 6.40. The maximum Gasteiger partial charge on any atom is 1.00 e. The summed E-state index contributed by atoms with van der Waals surface area (Å²) in [6.07, 6.45) is 2.30. The van der Waals surface area contributed by atoms with Crippen molar-refractivity contribution in [2.75, 3.05) is 14.1 Å². The van der Waals surface area contributed by atoms with E-state index in [0.717, 1.165) is 12.8 Å². The molecule has 3 atom stereocenters. The summed E-state index contributed by atoms with van der Waals surface area (Å²) in [5.74, 6) is 0.00806. The van der Waals surface area contributed by atoms with Crippen LogP contribution in [0.25, 0.3) is 0 Å². The average molecular weight is 243 g/mol. The van der Waals surface area contributed by atoms with Crippen molar-refractivity contribution in [2.24, 2.45) is 5.92 Å². The molecule has 84 valence electrons. The normalized spacial score (nSPS) is 32.5. The second-order valence-corrected chi connectivity index (χ2v) is 6.03. The van der Waals surface area contributed by atoms with E-state index in [4.69, 9.17) is 0 Å². The number of hydrogen-bond donors (Lipinski definition) is 0. The van der Waals surface area contributed by atoms with Crippen molar-refractivity contribution in [1.29, 1.82) is 0 Å². The minimum Gasteiger partial charge on any atom is -0.748 e. The molecule has 0 aromatic heterocycles. The summed E-state index contributed by atoms with van der Waals surface area (Å²) in [7, 11) is -0.267. The average Bonchev–Trinajstić information content (AvgIpc) is 2.02. The molecule has 0 radical (unpaired) electrons. The van der Waals surface area contributed by atoms with Crippen LogP contribution in [0.15, 0.2) is 0 Å². The third-order valence-electron chi connectivity index (χ3n) is 3.20. The molecule has 0 heterocycles. The van der Waals surface area contributed by atoms with Crippen LogP contribution >= 0.6 is 0 Å². The van der Waals surface area contributed by atoms with E-state index in [9.17, 15) is 13.0 Å². The first kappa shape index (κ1) is 15.9. The summed E-state index contributed by atoms with van der Waals surface area (Å²) >= 11 is 0. The van der Waals surface area contributed by atoms with Crippen molar-refractivity contribution >= 4 is 10.1 Å². The summed E-state index contributed by atoms with van der Waals surface area (Å²) in [6.45, 7) is 1.85. The molecule has 0 aliphatic heterocycles. The summed E-state index contributed by atoms with van der Waals surface area (Å²) < 4.78 is 33.0. The standard InChI is InChI=1S/C9H19NO3S.Na/c1-7-4-5-8(10(2)3)6-9(7)14(11,12)13;/h7-9H,4-6H2,1-3H3,(H,11,12,13);/q;+1/p-1. The van der Waals surface area contributed by atoms with Gasteiger partial charge in [-0.05, 0) is 39.3 Å². The van der Waals surface area contributed by atoms with Gasteiger partial charge in [-0.1, -0.05) is 6.92 Å². The van der Waals surface area contributed by atoms with Crippen LogP contribution in [-0.4, -0.2) is 43.3 Å². The van der Waals surface area contributed by atoms with Crippen LogP contribution in [0.2, 0.25) is 0 Å². The number of rotatable bonds is 2. The van der Waals surface area contributed by atoms with Gasteiger partial charge in [-0.25, -0.2) is 8.42 Å². The zero-order chi connectivity index (χ0) is 10.9. The van der Waals surface area contributed by atoms with Gasteiger partial charge in [0.05, 0.1) is 15.4 Å². The van der Waals surface area contributed by atoms with E-state index in [1.165, 1.54) is 0 Å². The first-order valence-electron chi connectivity index (χ1n) is 4.93. The van der Waals surface area contributed by atoms with Crippen molar-refractivity contribution in [3.05, 3.63) is 0 Å². The van der Waals surface area contributed by atoms with E-state index in [-0.39, 0.29) is 41.5 Å². The molecule has 0 bridgehead atoms. The van der Waals surface area contributed by atoms with E-state index >= 15 is 0 Å². The second kappa shape index (κ2) is 5.98. The fourth-order valence-electron chi connectivity index (χ4n) is 2.13. The maximum atomic E-state index is 11.0. The van der Waals surface area contributed by atoms with E-state index in [0.29, 0.717) is 6.42 Å². The molecule has 0 amide bonds. The van der Waals surface area contributed by atoms with Gasteiger partial charge in [-0.3, -0.25) is 0 Å². The Labute approximate surface area is 114 Å². The molecular formula is C9H18NNaO3S. The van der Waals surface area contributed by atoms with Gasteiger partial charge in [-0.15, -0.1) is 0 Å². The molecule has 1 fully saturated rings. The van der Waals surface area contributed by atoms with Gasteiger partial charge in [0.1, 0.15) is 0 Å². The molecule has 1 aliphatic carbocycles. The van der Waals surface area contributed by atoms with E-state index in [1.54, 1.807) is 0 Å². The quantitative estimate of drug-likeness (QED) is 0.403. The van der Waals surface area contributed by atoms with Gasteiger partial charge >= 0.3 is 29.6 Å². The molecule has 1 aliphatic rings. The second-order valence-electron chi connectivity index (χ2n) is 4.44. The van der Waals surface area contributed by atoms with Crippen LogP contribution in [0.4, 0.5) is 0 Å². The Hall–Kier alpha value is 0.870. The van der Waals surface area contributed by atoms with E-state index in [1.807, 2.05) is 25.9 Å². The zero-order valence-electron chi connectivity index (χ0n) is 9.93. The Morgan fingerprint density at radius 1 is 1.27 bits per heavy atom. The topological polar surface area (TPSA) is 60.4 Å². The molecule has 0 aromatic carbocycles. The Kier molecular flexibility index (Phi) is 6.33. The first-order chi connectivity index (χ1) is 6.32. The van der Waals surface area contributed by atoms with E-state index in [2.05, 4.69) is 0 Å². The molecule has 0 spiro atoms. The van der Waals surface area contributed by atoms with Gasteiger partial charge in [0.2, 0.25) is 0 Å². The molecular weight excluding hydrogens is 225 g/mol. The predicted octanol–water partition coefficient (Wildman–Crippen LogP) is -2.35. The Bertz CT molecular complexity index is 292. The van der Waals surface area contributed by atoms with Gasteiger partial charge in [-0.2, -0.15) is 0 Å². The zero-order valence-corrected chi connectivity index (χ0v) is 12.8.